The van der Waals surface area contributed by atoms with E-state index in [-0.39, 0.29) is 11.9 Å². The van der Waals surface area contributed by atoms with Gasteiger partial charge < -0.3 is 10.6 Å². The van der Waals surface area contributed by atoms with Crippen molar-refractivity contribution in [2.24, 2.45) is 0 Å². The molecule has 1 rings (SSSR count). The molecule has 0 aromatic carbocycles. The van der Waals surface area contributed by atoms with Crippen molar-refractivity contribution in [1.29, 1.82) is 0 Å². The molecule has 1 fully saturated rings. The second-order valence-electron chi connectivity index (χ2n) is 3.20. The van der Waals surface area contributed by atoms with E-state index in [2.05, 4.69) is 24.1 Å². The van der Waals surface area contributed by atoms with Crippen molar-refractivity contribution < 1.29 is 4.79 Å². The lowest BCUT2D eigenvalue weighted by Gasteiger charge is -2.30. The average molecular weight is 168 g/mol. The molecule has 68 valence electrons. The van der Waals surface area contributed by atoms with Gasteiger partial charge in [-0.1, -0.05) is 6.58 Å². The quantitative estimate of drug-likeness (QED) is 0.587. The SMILES string of the molecule is C=CC(=O)NC1CCCNC1C. The summed E-state index contributed by atoms with van der Waals surface area (Å²) in [7, 11) is 0. The highest BCUT2D eigenvalue weighted by molar-refractivity contribution is 5.87. The summed E-state index contributed by atoms with van der Waals surface area (Å²) in [6.45, 7) is 6.57. The lowest BCUT2D eigenvalue weighted by molar-refractivity contribution is -0.117. The molecule has 3 heteroatoms. The maximum absolute atomic E-state index is 11.0. The van der Waals surface area contributed by atoms with E-state index in [1.54, 1.807) is 0 Å². The van der Waals surface area contributed by atoms with Crippen LogP contribution in [0.3, 0.4) is 0 Å². The van der Waals surface area contributed by atoms with E-state index in [1.807, 2.05) is 0 Å². The predicted molar refractivity (Wildman–Crippen MR) is 48.8 cm³/mol. The van der Waals surface area contributed by atoms with E-state index in [0.29, 0.717) is 6.04 Å². The zero-order valence-corrected chi connectivity index (χ0v) is 7.47. The Morgan fingerprint density at radius 1 is 1.75 bits per heavy atom. The third-order valence-corrected chi connectivity index (χ3v) is 2.27. The molecule has 0 aromatic rings. The molecule has 0 saturated carbocycles. The first-order valence-electron chi connectivity index (χ1n) is 4.40. The minimum atomic E-state index is -0.0736. The van der Waals surface area contributed by atoms with Gasteiger partial charge >= 0.3 is 0 Å². The minimum Gasteiger partial charge on any atom is -0.348 e. The van der Waals surface area contributed by atoms with Crippen molar-refractivity contribution >= 4 is 5.91 Å². The van der Waals surface area contributed by atoms with Crippen LogP contribution in [-0.4, -0.2) is 24.5 Å². The van der Waals surface area contributed by atoms with Gasteiger partial charge in [-0.05, 0) is 32.4 Å². The van der Waals surface area contributed by atoms with Gasteiger partial charge in [0.2, 0.25) is 5.91 Å². The van der Waals surface area contributed by atoms with Crippen LogP contribution in [0.15, 0.2) is 12.7 Å². The Morgan fingerprint density at radius 3 is 3.08 bits per heavy atom. The standard InChI is InChI=1S/C9H16N2O/c1-3-9(12)11-8-5-4-6-10-7(8)2/h3,7-8,10H,1,4-6H2,2H3,(H,11,12). The molecule has 1 heterocycles. The summed E-state index contributed by atoms with van der Waals surface area (Å²) in [5.74, 6) is -0.0736. The molecule has 12 heavy (non-hydrogen) atoms. The van der Waals surface area contributed by atoms with E-state index >= 15 is 0 Å². The highest BCUT2D eigenvalue weighted by Crippen LogP contribution is 2.07. The minimum absolute atomic E-state index is 0.0736. The van der Waals surface area contributed by atoms with E-state index < -0.39 is 0 Å². The number of carbonyl (C=O) groups is 1. The Morgan fingerprint density at radius 2 is 2.50 bits per heavy atom. The van der Waals surface area contributed by atoms with Crippen LogP contribution >= 0.6 is 0 Å². The molecule has 0 spiro atoms. The van der Waals surface area contributed by atoms with Crippen LogP contribution in [0.4, 0.5) is 0 Å². The largest absolute Gasteiger partial charge is 0.348 e. The Labute approximate surface area is 73.2 Å². The molecule has 2 unspecified atom stereocenters. The molecule has 1 aliphatic heterocycles. The molecular formula is C9H16N2O. The normalized spacial score (nSPS) is 29.4. The van der Waals surface area contributed by atoms with Gasteiger partial charge in [0.1, 0.15) is 0 Å². The molecule has 2 atom stereocenters. The fraction of sp³-hybridized carbons (Fsp3) is 0.667. The Kier molecular flexibility index (Phi) is 3.29. The van der Waals surface area contributed by atoms with Gasteiger partial charge in [0, 0.05) is 12.1 Å². The van der Waals surface area contributed by atoms with E-state index in [4.69, 9.17) is 0 Å². The topological polar surface area (TPSA) is 41.1 Å². The third-order valence-electron chi connectivity index (χ3n) is 2.27. The number of carbonyl (C=O) groups excluding carboxylic acids is 1. The molecule has 2 N–H and O–H groups in total. The van der Waals surface area contributed by atoms with Gasteiger partial charge in [0.15, 0.2) is 0 Å². The summed E-state index contributed by atoms with van der Waals surface area (Å²) in [6, 6.07) is 0.645. The van der Waals surface area contributed by atoms with Gasteiger partial charge in [-0.2, -0.15) is 0 Å². The lowest BCUT2D eigenvalue weighted by atomic mass is 10.00. The van der Waals surface area contributed by atoms with Gasteiger partial charge in [-0.3, -0.25) is 4.79 Å². The number of rotatable bonds is 2. The number of hydrogen-bond donors (Lipinski definition) is 2. The van der Waals surface area contributed by atoms with E-state index in [1.165, 1.54) is 6.08 Å². The van der Waals surface area contributed by atoms with Gasteiger partial charge in [-0.15, -0.1) is 0 Å². The molecule has 0 bridgehead atoms. The van der Waals surface area contributed by atoms with Crippen LogP contribution in [0, 0.1) is 0 Å². The molecular weight excluding hydrogens is 152 g/mol. The third kappa shape index (κ3) is 2.34. The first-order chi connectivity index (χ1) is 5.74. The van der Waals surface area contributed by atoms with Gasteiger partial charge in [-0.25, -0.2) is 0 Å². The van der Waals surface area contributed by atoms with Crippen LogP contribution in [0.2, 0.25) is 0 Å². The van der Waals surface area contributed by atoms with Gasteiger partial charge in [0.25, 0.3) is 0 Å². The first kappa shape index (κ1) is 9.26. The maximum atomic E-state index is 11.0. The van der Waals surface area contributed by atoms with Crippen molar-refractivity contribution in [2.45, 2.75) is 31.8 Å². The van der Waals surface area contributed by atoms with Crippen molar-refractivity contribution in [3.8, 4) is 0 Å². The van der Waals surface area contributed by atoms with Crippen LogP contribution in [0.5, 0.6) is 0 Å². The zero-order chi connectivity index (χ0) is 8.97. The fourth-order valence-electron chi connectivity index (χ4n) is 1.48. The number of nitrogens with one attached hydrogen (secondary N) is 2. The Balaban J connectivity index is 2.38. The summed E-state index contributed by atoms with van der Waals surface area (Å²) >= 11 is 0. The predicted octanol–water partition coefficient (Wildman–Crippen LogP) is 0.429. The summed E-state index contributed by atoms with van der Waals surface area (Å²) in [4.78, 5) is 11.0. The molecule has 0 aliphatic carbocycles. The van der Waals surface area contributed by atoms with Crippen molar-refractivity contribution in [3.05, 3.63) is 12.7 Å². The van der Waals surface area contributed by atoms with Crippen LogP contribution < -0.4 is 10.6 Å². The first-order valence-corrected chi connectivity index (χ1v) is 4.40. The van der Waals surface area contributed by atoms with Crippen molar-refractivity contribution in [3.63, 3.8) is 0 Å². The summed E-state index contributed by atoms with van der Waals surface area (Å²) in [5.41, 5.74) is 0. The summed E-state index contributed by atoms with van der Waals surface area (Å²) < 4.78 is 0. The molecule has 3 nitrogen and oxygen atoms in total. The lowest BCUT2D eigenvalue weighted by Crippen LogP contribution is -2.51. The van der Waals surface area contributed by atoms with E-state index in [9.17, 15) is 4.79 Å². The molecule has 0 radical (unpaired) electrons. The van der Waals surface area contributed by atoms with Gasteiger partial charge in [0.05, 0.1) is 0 Å². The van der Waals surface area contributed by atoms with Crippen LogP contribution in [0.1, 0.15) is 19.8 Å². The smallest absolute Gasteiger partial charge is 0.243 e. The highest BCUT2D eigenvalue weighted by atomic mass is 16.1. The number of piperidine rings is 1. The molecule has 1 saturated heterocycles. The van der Waals surface area contributed by atoms with Crippen LogP contribution in [-0.2, 0) is 4.79 Å². The summed E-state index contributed by atoms with van der Waals surface area (Å²) in [5, 5.41) is 6.21. The Hall–Kier alpha value is -0.830. The second-order valence-corrected chi connectivity index (χ2v) is 3.20. The van der Waals surface area contributed by atoms with Crippen LogP contribution in [0.25, 0.3) is 0 Å². The maximum Gasteiger partial charge on any atom is 0.243 e. The highest BCUT2D eigenvalue weighted by Gasteiger charge is 2.20. The second kappa shape index (κ2) is 4.26. The van der Waals surface area contributed by atoms with Crippen molar-refractivity contribution in [2.75, 3.05) is 6.54 Å². The van der Waals surface area contributed by atoms with E-state index in [0.717, 1.165) is 19.4 Å². The Bertz CT molecular complexity index is 179. The number of hydrogen-bond acceptors (Lipinski definition) is 2. The zero-order valence-electron chi connectivity index (χ0n) is 7.47. The molecule has 1 aliphatic rings. The monoisotopic (exact) mass is 168 g/mol. The average Bonchev–Trinajstić information content (AvgIpc) is 2.09. The number of amides is 1. The molecule has 0 aromatic heterocycles. The van der Waals surface area contributed by atoms with Crippen molar-refractivity contribution in [1.82, 2.24) is 10.6 Å². The summed E-state index contributed by atoms with van der Waals surface area (Å²) in [6.07, 6.45) is 3.52. The molecule has 1 amide bonds. The fourth-order valence-corrected chi connectivity index (χ4v) is 1.48.